The number of nitrogens with one attached hydrogen (secondary N) is 2. The van der Waals surface area contributed by atoms with Crippen LogP contribution in [0.3, 0.4) is 0 Å². The Morgan fingerprint density at radius 1 is 1.00 bits per heavy atom. The zero-order chi connectivity index (χ0) is 19.0. The summed E-state index contributed by atoms with van der Waals surface area (Å²) >= 11 is 0. The van der Waals surface area contributed by atoms with E-state index in [0.29, 0.717) is 6.42 Å². The topological polar surface area (TPSA) is 179 Å². The Balaban J connectivity index is 5.04. The van der Waals surface area contributed by atoms with Gasteiger partial charge in [0.15, 0.2) is 0 Å². The summed E-state index contributed by atoms with van der Waals surface area (Å²) in [4.78, 5) is 45.8. The number of hydrogen-bond donors (Lipinski definition) is 6. The molecule has 7 N–H and O–H groups in total. The van der Waals surface area contributed by atoms with Gasteiger partial charge in [-0.3, -0.25) is 14.4 Å². The molecule has 5 unspecified atom stereocenters. The molecule has 0 rings (SSSR count). The number of aliphatic hydroxyl groups excluding tert-OH is 1. The maximum Gasteiger partial charge on any atom is 0.326 e. The van der Waals surface area contributed by atoms with Crippen LogP contribution in [-0.4, -0.2) is 63.3 Å². The van der Waals surface area contributed by atoms with Gasteiger partial charge in [0.05, 0.1) is 18.6 Å². The number of nitrogens with two attached hydrogens (primary N) is 1. The first-order valence-electron chi connectivity index (χ1n) is 7.50. The van der Waals surface area contributed by atoms with Crippen molar-refractivity contribution in [1.29, 1.82) is 0 Å². The molecule has 2 amide bonds. The zero-order valence-electron chi connectivity index (χ0n) is 13.9. The van der Waals surface area contributed by atoms with Gasteiger partial charge in [0, 0.05) is 0 Å². The van der Waals surface area contributed by atoms with Gasteiger partial charge < -0.3 is 31.7 Å². The molecule has 0 saturated heterocycles. The van der Waals surface area contributed by atoms with Gasteiger partial charge in [-0.15, -0.1) is 0 Å². The van der Waals surface area contributed by atoms with Crippen LogP contribution in [0, 0.1) is 5.92 Å². The Labute approximate surface area is 139 Å². The van der Waals surface area contributed by atoms with Crippen LogP contribution in [0.1, 0.15) is 33.6 Å². The average molecular weight is 347 g/mol. The number of amides is 2. The smallest absolute Gasteiger partial charge is 0.326 e. The normalized spacial score (nSPS) is 17.0. The molecule has 0 spiro atoms. The largest absolute Gasteiger partial charge is 0.481 e. The Morgan fingerprint density at radius 3 is 1.88 bits per heavy atom. The van der Waals surface area contributed by atoms with Gasteiger partial charge in [0.25, 0.3) is 0 Å². The molecule has 0 bridgehead atoms. The van der Waals surface area contributed by atoms with Crippen molar-refractivity contribution in [3.8, 4) is 0 Å². The van der Waals surface area contributed by atoms with Crippen molar-refractivity contribution < 1.29 is 34.5 Å². The third-order valence-corrected chi connectivity index (χ3v) is 3.57. The fraction of sp³-hybridized carbons (Fsp3) is 0.714. The van der Waals surface area contributed by atoms with Crippen LogP contribution in [0.15, 0.2) is 0 Å². The van der Waals surface area contributed by atoms with Gasteiger partial charge in [0.1, 0.15) is 12.1 Å². The number of carboxylic acid groups (broad SMARTS) is 2. The minimum Gasteiger partial charge on any atom is -0.481 e. The molecule has 24 heavy (non-hydrogen) atoms. The fourth-order valence-electron chi connectivity index (χ4n) is 1.87. The Morgan fingerprint density at radius 2 is 1.50 bits per heavy atom. The van der Waals surface area contributed by atoms with E-state index in [0.717, 1.165) is 0 Å². The first-order chi connectivity index (χ1) is 11.0. The predicted molar refractivity (Wildman–Crippen MR) is 82.9 cm³/mol. The summed E-state index contributed by atoms with van der Waals surface area (Å²) in [5.74, 6) is -4.73. The number of hydrogen-bond acceptors (Lipinski definition) is 6. The standard InChI is InChI=1S/C14H25N3O7/c1-4-6(2)10(14(23)24)16-13(22)11(7(3)18)17-12(21)8(15)5-9(19)20/h6-8,10-11,18H,4-5,15H2,1-3H3,(H,16,22)(H,17,21)(H,19,20)(H,23,24). The van der Waals surface area contributed by atoms with Gasteiger partial charge in [-0.25, -0.2) is 4.79 Å². The van der Waals surface area contributed by atoms with Crippen molar-refractivity contribution in [2.75, 3.05) is 0 Å². The summed E-state index contributed by atoms with van der Waals surface area (Å²) in [6.07, 6.45) is -1.49. The molecule has 0 heterocycles. The van der Waals surface area contributed by atoms with E-state index < -0.39 is 54.4 Å². The maximum atomic E-state index is 12.2. The van der Waals surface area contributed by atoms with Crippen molar-refractivity contribution in [2.45, 2.75) is 57.8 Å². The van der Waals surface area contributed by atoms with Crippen molar-refractivity contribution in [3.05, 3.63) is 0 Å². The number of carbonyl (C=O) groups excluding carboxylic acids is 2. The third-order valence-electron chi connectivity index (χ3n) is 3.57. The van der Waals surface area contributed by atoms with E-state index in [2.05, 4.69) is 10.6 Å². The summed E-state index contributed by atoms with van der Waals surface area (Å²) in [5.41, 5.74) is 5.39. The van der Waals surface area contributed by atoms with Crippen molar-refractivity contribution >= 4 is 23.8 Å². The van der Waals surface area contributed by atoms with E-state index in [4.69, 9.17) is 15.9 Å². The van der Waals surface area contributed by atoms with Crippen LogP contribution < -0.4 is 16.4 Å². The molecule has 0 aliphatic carbocycles. The summed E-state index contributed by atoms with van der Waals surface area (Å²) in [6.45, 7) is 4.62. The lowest BCUT2D eigenvalue weighted by Gasteiger charge is -2.26. The van der Waals surface area contributed by atoms with E-state index in [1.54, 1.807) is 13.8 Å². The maximum absolute atomic E-state index is 12.2. The molecule has 10 heteroatoms. The molecule has 0 fully saturated rings. The molecule has 0 saturated carbocycles. The first-order valence-corrected chi connectivity index (χ1v) is 7.50. The molecule has 138 valence electrons. The van der Waals surface area contributed by atoms with E-state index in [1.807, 2.05) is 0 Å². The second-order valence-corrected chi connectivity index (χ2v) is 5.64. The van der Waals surface area contributed by atoms with Crippen LogP contribution in [0.2, 0.25) is 0 Å². The molecule has 5 atom stereocenters. The number of carboxylic acids is 2. The molecule has 0 aliphatic rings. The van der Waals surface area contributed by atoms with Gasteiger partial charge in [-0.1, -0.05) is 20.3 Å². The van der Waals surface area contributed by atoms with E-state index in [9.17, 15) is 24.3 Å². The highest BCUT2D eigenvalue weighted by Crippen LogP contribution is 2.09. The molecule has 0 aromatic carbocycles. The molecule has 0 aromatic rings. The predicted octanol–water partition coefficient (Wildman–Crippen LogP) is -1.73. The van der Waals surface area contributed by atoms with Crippen molar-refractivity contribution in [1.82, 2.24) is 10.6 Å². The second kappa shape index (κ2) is 9.83. The van der Waals surface area contributed by atoms with Crippen LogP contribution in [0.4, 0.5) is 0 Å². The summed E-state index contributed by atoms with van der Waals surface area (Å²) in [6, 6.07) is -4.04. The van der Waals surface area contributed by atoms with E-state index >= 15 is 0 Å². The lowest BCUT2D eigenvalue weighted by Crippen LogP contribution is -2.59. The SMILES string of the molecule is CCC(C)C(NC(=O)C(NC(=O)C(N)CC(=O)O)C(C)O)C(=O)O. The molecular weight excluding hydrogens is 322 g/mol. The number of aliphatic hydroxyl groups is 1. The van der Waals surface area contributed by atoms with Gasteiger partial charge in [-0.05, 0) is 12.8 Å². The minimum absolute atomic E-state index is 0.369. The van der Waals surface area contributed by atoms with Gasteiger partial charge in [-0.2, -0.15) is 0 Å². The lowest BCUT2D eigenvalue weighted by molar-refractivity contribution is -0.144. The van der Waals surface area contributed by atoms with E-state index in [1.165, 1.54) is 6.92 Å². The van der Waals surface area contributed by atoms with Crippen LogP contribution in [-0.2, 0) is 19.2 Å². The van der Waals surface area contributed by atoms with Crippen LogP contribution in [0.25, 0.3) is 0 Å². The molecule has 0 radical (unpaired) electrons. The highest BCUT2D eigenvalue weighted by molar-refractivity contribution is 5.93. The monoisotopic (exact) mass is 347 g/mol. The average Bonchev–Trinajstić information content (AvgIpc) is 2.47. The quantitative estimate of drug-likeness (QED) is 0.270. The van der Waals surface area contributed by atoms with Crippen molar-refractivity contribution in [2.24, 2.45) is 11.7 Å². The van der Waals surface area contributed by atoms with Gasteiger partial charge in [0.2, 0.25) is 11.8 Å². The number of rotatable bonds is 10. The Bertz CT molecular complexity index is 481. The summed E-state index contributed by atoms with van der Waals surface area (Å²) in [5, 5.41) is 31.8. The van der Waals surface area contributed by atoms with Crippen LogP contribution in [0.5, 0.6) is 0 Å². The molecule has 10 nitrogen and oxygen atoms in total. The third kappa shape index (κ3) is 6.92. The highest BCUT2D eigenvalue weighted by Gasteiger charge is 2.32. The van der Waals surface area contributed by atoms with Crippen molar-refractivity contribution in [3.63, 3.8) is 0 Å². The van der Waals surface area contributed by atoms with Gasteiger partial charge >= 0.3 is 11.9 Å². The summed E-state index contributed by atoms with van der Waals surface area (Å²) < 4.78 is 0. The first kappa shape index (κ1) is 21.8. The molecule has 0 aromatic heterocycles. The second-order valence-electron chi connectivity index (χ2n) is 5.64. The Hall–Kier alpha value is -2.20. The molecular formula is C14H25N3O7. The number of aliphatic carboxylic acids is 2. The minimum atomic E-state index is -1.46. The Kier molecular flexibility index (Phi) is 8.93. The summed E-state index contributed by atoms with van der Waals surface area (Å²) in [7, 11) is 0. The van der Waals surface area contributed by atoms with Crippen LogP contribution >= 0.6 is 0 Å². The fourth-order valence-corrected chi connectivity index (χ4v) is 1.87. The molecule has 0 aliphatic heterocycles. The van der Waals surface area contributed by atoms with E-state index in [-0.39, 0.29) is 5.92 Å². The highest BCUT2D eigenvalue weighted by atomic mass is 16.4. The zero-order valence-corrected chi connectivity index (χ0v) is 13.9. The number of carbonyl (C=O) groups is 4. The lowest BCUT2D eigenvalue weighted by atomic mass is 9.98.